The minimum absolute atomic E-state index is 0.378. The van der Waals surface area contributed by atoms with Gasteiger partial charge in [0.05, 0.1) is 20.3 Å². The van der Waals surface area contributed by atoms with Gasteiger partial charge in [0.25, 0.3) is 0 Å². The minimum Gasteiger partial charge on any atom is -0.497 e. The molecule has 2 aliphatic rings. The van der Waals surface area contributed by atoms with Gasteiger partial charge in [-0.3, -0.25) is 4.90 Å². The number of nitrogens with zero attached hydrogens (tertiary/aromatic N) is 4. The summed E-state index contributed by atoms with van der Waals surface area (Å²) in [6, 6.07) is 10.7. The lowest BCUT2D eigenvalue weighted by Crippen LogP contribution is -2.37. The number of morpholine rings is 1. The average molecular weight is 369 g/mol. The zero-order valence-electron chi connectivity index (χ0n) is 15.8. The van der Waals surface area contributed by atoms with Gasteiger partial charge in [-0.1, -0.05) is 12.1 Å². The lowest BCUT2D eigenvalue weighted by atomic mass is 10.2. The second kappa shape index (κ2) is 8.54. The van der Waals surface area contributed by atoms with Crippen LogP contribution in [0.2, 0.25) is 0 Å². The summed E-state index contributed by atoms with van der Waals surface area (Å²) in [7, 11) is 1.70. The van der Waals surface area contributed by atoms with E-state index >= 15 is 0 Å². The van der Waals surface area contributed by atoms with Crippen LogP contribution in [0.25, 0.3) is 0 Å². The molecule has 2 aromatic rings. The fourth-order valence-corrected chi connectivity index (χ4v) is 3.65. The van der Waals surface area contributed by atoms with Crippen LogP contribution < -0.4 is 15.0 Å². The van der Waals surface area contributed by atoms with Gasteiger partial charge in [-0.2, -0.15) is 4.98 Å². The molecule has 0 radical (unpaired) electrons. The first-order chi connectivity index (χ1) is 13.3. The zero-order valence-corrected chi connectivity index (χ0v) is 15.8. The first kappa shape index (κ1) is 18.0. The topological polar surface area (TPSA) is 62.8 Å². The van der Waals surface area contributed by atoms with Crippen LogP contribution in [-0.4, -0.2) is 67.4 Å². The standard InChI is InChI=1S/C20H27N5O2/c1-26-18-4-2-16(3-5-18)14-24-9-7-17(15-24)22-20-21-8-6-19(23-20)25-10-12-27-13-11-25/h2-6,8,17H,7,9-15H2,1H3,(H,21,22,23). The molecule has 0 spiro atoms. The van der Waals surface area contributed by atoms with Crippen LogP contribution in [0.3, 0.4) is 0 Å². The van der Waals surface area contributed by atoms with Crippen molar-refractivity contribution in [3.05, 3.63) is 42.1 Å². The summed E-state index contributed by atoms with van der Waals surface area (Å²) in [5.41, 5.74) is 1.31. The van der Waals surface area contributed by atoms with E-state index < -0.39 is 0 Å². The predicted molar refractivity (Wildman–Crippen MR) is 105 cm³/mol. The Hall–Kier alpha value is -2.38. The first-order valence-electron chi connectivity index (χ1n) is 9.58. The summed E-state index contributed by atoms with van der Waals surface area (Å²) in [5.74, 6) is 2.59. The minimum atomic E-state index is 0.378. The summed E-state index contributed by atoms with van der Waals surface area (Å²) in [6.45, 7) is 6.32. The van der Waals surface area contributed by atoms with E-state index in [1.807, 2.05) is 24.4 Å². The van der Waals surface area contributed by atoms with Gasteiger partial charge in [0.2, 0.25) is 5.95 Å². The zero-order chi connectivity index (χ0) is 18.5. The highest BCUT2D eigenvalue weighted by Gasteiger charge is 2.23. The first-order valence-corrected chi connectivity index (χ1v) is 9.58. The monoisotopic (exact) mass is 369 g/mol. The molecule has 1 aromatic heterocycles. The van der Waals surface area contributed by atoms with Gasteiger partial charge in [-0.05, 0) is 30.2 Å². The van der Waals surface area contributed by atoms with E-state index in [9.17, 15) is 0 Å². The molecule has 1 aromatic carbocycles. The average Bonchev–Trinajstić information content (AvgIpc) is 3.16. The Balaban J connectivity index is 1.31. The van der Waals surface area contributed by atoms with Crippen LogP contribution in [0.5, 0.6) is 5.75 Å². The molecular formula is C20H27N5O2. The fourth-order valence-electron chi connectivity index (χ4n) is 3.65. The molecule has 2 saturated heterocycles. The van der Waals surface area contributed by atoms with Gasteiger partial charge in [-0.25, -0.2) is 4.98 Å². The Labute approximate surface area is 160 Å². The van der Waals surface area contributed by atoms with Gasteiger partial charge in [0.15, 0.2) is 0 Å². The van der Waals surface area contributed by atoms with Gasteiger partial charge < -0.3 is 19.7 Å². The van der Waals surface area contributed by atoms with Crippen LogP contribution in [0.15, 0.2) is 36.5 Å². The van der Waals surface area contributed by atoms with Crippen molar-refractivity contribution in [1.82, 2.24) is 14.9 Å². The predicted octanol–water partition coefficient (Wildman–Crippen LogP) is 2.01. The largest absolute Gasteiger partial charge is 0.497 e. The molecule has 0 bridgehead atoms. The van der Waals surface area contributed by atoms with Crippen molar-refractivity contribution in [3.8, 4) is 5.75 Å². The van der Waals surface area contributed by atoms with Crippen LogP contribution in [-0.2, 0) is 11.3 Å². The van der Waals surface area contributed by atoms with Crippen molar-refractivity contribution in [2.75, 3.05) is 56.7 Å². The van der Waals surface area contributed by atoms with Crippen molar-refractivity contribution < 1.29 is 9.47 Å². The number of ether oxygens (including phenoxy) is 2. The Morgan fingerprint density at radius 1 is 1.15 bits per heavy atom. The van der Waals surface area contributed by atoms with Crippen molar-refractivity contribution in [1.29, 1.82) is 0 Å². The van der Waals surface area contributed by atoms with Crippen molar-refractivity contribution >= 4 is 11.8 Å². The number of methoxy groups -OCH3 is 1. The molecule has 2 fully saturated rings. The van der Waals surface area contributed by atoms with E-state index in [0.29, 0.717) is 6.04 Å². The molecule has 1 unspecified atom stereocenters. The van der Waals surface area contributed by atoms with Crippen LogP contribution in [0, 0.1) is 0 Å². The molecular weight excluding hydrogens is 342 g/mol. The molecule has 2 aliphatic heterocycles. The second-order valence-corrected chi connectivity index (χ2v) is 7.05. The lowest BCUT2D eigenvalue weighted by molar-refractivity contribution is 0.122. The number of rotatable bonds is 6. The number of likely N-dealkylation sites (tertiary alicyclic amines) is 1. The normalized spacial score (nSPS) is 20.6. The molecule has 0 saturated carbocycles. The van der Waals surface area contributed by atoms with Gasteiger partial charge >= 0.3 is 0 Å². The highest BCUT2D eigenvalue weighted by molar-refractivity contribution is 5.43. The third-order valence-corrected chi connectivity index (χ3v) is 5.15. The highest BCUT2D eigenvalue weighted by atomic mass is 16.5. The van der Waals surface area contributed by atoms with Gasteiger partial charge in [-0.15, -0.1) is 0 Å². The van der Waals surface area contributed by atoms with Gasteiger partial charge in [0.1, 0.15) is 11.6 Å². The molecule has 7 heteroatoms. The molecule has 0 amide bonds. The van der Waals surface area contributed by atoms with Crippen molar-refractivity contribution in [2.45, 2.75) is 19.0 Å². The van der Waals surface area contributed by atoms with E-state index in [4.69, 9.17) is 14.5 Å². The summed E-state index contributed by atoms with van der Waals surface area (Å²) in [5, 5.41) is 3.51. The Kier molecular flexibility index (Phi) is 5.69. The highest BCUT2D eigenvalue weighted by Crippen LogP contribution is 2.19. The molecule has 144 valence electrons. The molecule has 4 rings (SSSR count). The van der Waals surface area contributed by atoms with Crippen molar-refractivity contribution in [3.63, 3.8) is 0 Å². The number of nitrogens with one attached hydrogen (secondary N) is 1. The maximum atomic E-state index is 5.42. The summed E-state index contributed by atoms with van der Waals surface area (Å²) >= 11 is 0. The SMILES string of the molecule is COc1ccc(CN2CCC(Nc3nccc(N4CCOCC4)n3)C2)cc1. The van der Waals surface area contributed by atoms with Crippen LogP contribution in [0.4, 0.5) is 11.8 Å². The molecule has 1 N–H and O–H groups in total. The molecule has 27 heavy (non-hydrogen) atoms. The summed E-state index contributed by atoms with van der Waals surface area (Å²) < 4.78 is 10.6. The Morgan fingerprint density at radius 3 is 2.74 bits per heavy atom. The van der Waals surface area contributed by atoms with E-state index in [1.54, 1.807) is 7.11 Å². The smallest absolute Gasteiger partial charge is 0.224 e. The number of aromatic nitrogens is 2. The van der Waals surface area contributed by atoms with Crippen LogP contribution >= 0.6 is 0 Å². The van der Waals surface area contributed by atoms with E-state index in [0.717, 1.165) is 69.9 Å². The fraction of sp³-hybridized carbons (Fsp3) is 0.500. The Bertz CT molecular complexity index is 733. The molecule has 7 nitrogen and oxygen atoms in total. The third kappa shape index (κ3) is 4.67. The quantitative estimate of drug-likeness (QED) is 0.836. The van der Waals surface area contributed by atoms with Crippen LogP contribution in [0.1, 0.15) is 12.0 Å². The third-order valence-electron chi connectivity index (χ3n) is 5.15. The maximum Gasteiger partial charge on any atom is 0.224 e. The number of hydrogen-bond acceptors (Lipinski definition) is 7. The Morgan fingerprint density at radius 2 is 1.96 bits per heavy atom. The summed E-state index contributed by atoms with van der Waals surface area (Å²) in [4.78, 5) is 13.8. The number of benzene rings is 1. The number of hydrogen-bond donors (Lipinski definition) is 1. The van der Waals surface area contributed by atoms with E-state index in [2.05, 4.69) is 32.2 Å². The lowest BCUT2D eigenvalue weighted by Gasteiger charge is -2.28. The van der Waals surface area contributed by atoms with E-state index in [-0.39, 0.29) is 0 Å². The summed E-state index contributed by atoms with van der Waals surface area (Å²) in [6.07, 6.45) is 2.94. The molecule has 0 aliphatic carbocycles. The van der Waals surface area contributed by atoms with E-state index in [1.165, 1.54) is 5.56 Å². The van der Waals surface area contributed by atoms with Gasteiger partial charge in [0, 0.05) is 45.0 Å². The molecule has 1 atom stereocenters. The second-order valence-electron chi connectivity index (χ2n) is 7.05. The maximum absolute atomic E-state index is 5.42. The number of anilines is 2. The molecule has 3 heterocycles. The van der Waals surface area contributed by atoms with Crippen molar-refractivity contribution in [2.24, 2.45) is 0 Å².